The zero-order valence-electron chi connectivity index (χ0n) is 13.0. The third kappa shape index (κ3) is 8.58. The number of nitrogens with one attached hydrogen (secondary N) is 2. The van der Waals surface area contributed by atoms with E-state index >= 15 is 0 Å². The molecule has 0 bridgehead atoms. The van der Waals surface area contributed by atoms with E-state index in [0.717, 1.165) is 43.5 Å². The quantitative estimate of drug-likeness (QED) is 0.419. The van der Waals surface area contributed by atoms with Gasteiger partial charge in [0.1, 0.15) is 0 Å². The van der Waals surface area contributed by atoms with Crippen LogP contribution in [-0.4, -0.2) is 39.3 Å². The first-order valence-corrected chi connectivity index (χ1v) is 7.90. The van der Waals surface area contributed by atoms with E-state index in [-0.39, 0.29) is 0 Å². The lowest BCUT2D eigenvalue weighted by atomic mass is 10.1. The van der Waals surface area contributed by atoms with Crippen LogP contribution < -0.4 is 10.6 Å². The van der Waals surface area contributed by atoms with Gasteiger partial charge in [-0.2, -0.15) is 0 Å². The predicted octanol–water partition coefficient (Wildman–Crippen LogP) is 2.86. The van der Waals surface area contributed by atoms with E-state index in [1.165, 1.54) is 12.0 Å². The lowest BCUT2D eigenvalue weighted by Crippen LogP contribution is -2.39. The fourth-order valence-electron chi connectivity index (χ4n) is 1.83. The van der Waals surface area contributed by atoms with Crippen molar-refractivity contribution in [1.29, 1.82) is 0 Å². The zero-order valence-corrected chi connectivity index (χ0v) is 13.7. The summed E-state index contributed by atoms with van der Waals surface area (Å²) in [6, 6.07) is 7.92. The number of unbranched alkanes of at least 4 members (excludes halogenated alkanes) is 1. The maximum atomic E-state index is 5.96. The summed E-state index contributed by atoms with van der Waals surface area (Å²) in [5.74, 6) is 0.802. The molecule has 2 N–H and O–H groups in total. The largest absolute Gasteiger partial charge is 0.380 e. The topological polar surface area (TPSA) is 45.6 Å². The minimum absolute atomic E-state index is 0.703. The molecule has 21 heavy (non-hydrogen) atoms. The van der Waals surface area contributed by atoms with Crippen molar-refractivity contribution in [2.45, 2.75) is 26.2 Å². The van der Waals surface area contributed by atoms with Crippen LogP contribution in [0.4, 0.5) is 0 Å². The summed E-state index contributed by atoms with van der Waals surface area (Å²) >= 11 is 5.96. The molecule has 1 aromatic rings. The van der Waals surface area contributed by atoms with Crippen molar-refractivity contribution < 1.29 is 4.74 Å². The van der Waals surface area contributed by atoms with Gasteiger partial charge in [0.2, 0.25) is 0 Å². The van der Waals surface area contributed by atoms with Crippen LogP contribution in [0.1, 0.15) is 25.3 Å². The number of hydrogen-bond acceptors (Lipinski definition) is 2. The molecule has 0 atom stereocenters. The molecule has 0 amide bonds. The second kappa shape index (κ2) is 11.4. The standard InChI is InChI=1S/C16H26ClN3O/c1-3-4-11-21-12-10-20-16(18-2)19-9-8-14-6-5-7-15(17)13-14/h5-7,13H,3-4,8-12H2,1-2H3,(H2,18,19,20). The monoisotopic (exact) mass is 311 g/mol. The highest BCUT2D eigenvalue weighted by Crippen LogP contribution is 2.10. The first-order valence-electron chi connectivity index (χ1n) is 7.53. The van der Waals surface area contributed by atoms with Gasteiger partial charge >= 0.3 is 0 Å². The molecule has 0 heterocycles. The van der Waals surface area contributed by atoms with Crippen LogP contribution in [-0.2, 0) is 11.2 Å². The normalized spacial score (nSPS) is 11.5. The molecule has 0 aliphatic carbocycles. The Bertz CT molecular complexity index is 424. The van der Waals surface area contributed by atoms with Crippen molar-refractivity contribution in [2.24, 2.45) is 4.99 Å². The van der Waals surface area contributed by atoms with E-state index < -0.39 is 0 Å². The Morgan fingerprint density at radius 1 is 1.24 bits per heavy atom. The van der Waals surface area contributed by atoms with Gasteiger partial charge in [0.25, 0.3) is 0 Å². The van der Waals surface area contributed by atoms with Gasteiger partial charge in [-0.05, 0) is 30.5 Å². The maximum Gasteiger partial charge on any atom is 0.191 e. The lowest BCUT2D eigenvalue weighted by Gasteiger charge is -2.12. The fraction of sp³-hybridized carbons (Fsp3) is 0.562. The third-order valence-electron chi connectivity index (χ3n) is 3.00. The highest BCUT2D eigenvalue weighted by atomic mass is 35.5. The number of rotatable bonds is 9. The SMILES string of the molecule is CCCCOCCNC(=NC)NCCc1cccc(Cl)c1. The molecule has 0 fully saturated rings. The Morgan fingerprint density at radius 2 is 2.05 bits per heavy atom. The lowest BCUT2D eigenvalue weighted by molar-refractivity contribution is 0.136. The molecule has 118 valence electrons. The van der Waals surface area contributed by atoms with E-state index in [1.807, 2.05) is 18.2 Å². The van der Waals surface area contributed by atoms with Gasteiger partial charge in [-0.1, -0.05) is 37.1 Å². The molecule has 1 aromatic carbocycles. The van der Waals surface area contributed by atoms with E-state index in [2.05, 4.69) is 28.6 Å². The summed E-state index contributed by atoms with van der Waals surface area (Å²) in [6.45, 7) is 5.28. The van der Waals surface area contributed by atoms with Crippen molar-refractivity contribution in [2.75, 3.05) is 33.4 Å². The fourth-order valence-corrected chi connectivity index (χ4v) is 2.04. The Hall–Kier alpha value is -1.26. The summed E-state index contributed by atoms with van der Waals surface area (Å²) in [5.41, 5.74) is 1.22. The number of ether oxygens (including phenoxy) is 1. The van der Waals surface area contributed by atoms with Crippen molar-refractivity contribution in [1.82, 2.24) is 10.6 Å². The van der Waals surface area contributed by atoms with Gasteiger partial charge in [0, 0.05) is 31.8 Å². The Labute approximate surface area is 132 Å². The van der Waals surface area contributed by atoms with Crippen LogP contribution >= 0.6 is 11.6 Å². The van der Waals surface area contributed by atoms with Crippen molar-refractivity contribution in [3.8, 4) is 0 Å². The van der Waals surface area contributed by atoms with E-state index in [1.54, 1.807) is 7.05 Å². The van der Waals surface area contributed by atoms with Gasteiger partial charge in [-0.15, -0.1) is 0 Å². The zero-order chi connectivity index (χ0) is 15.3. The minimum atomic E-state index is 0.703. The smallest absolute Gasteiger partial charge is 0.191 e. The number of nitrogens with zero attached hydrogens (tertiary/aromatic N) is 1. The molecule has 0 aliphatic rings. The Morgan fingerprint density at radius 3 is 2.76 bits per heavy atom. The molecular weight excluding hydrogens is 286 g/mol. The first-order chi connectivity index (χ1) is 10.3. The summed E-state index contributed by atoms with van der Waals surface area (Å²) in [7, 11) is 1.77. The molecule has 1 rings (SSSR count). The van der Waals surface area contributed by atoms with Gasteiger partial charge in [0.15, 0.2) is 5.96 Å². The molecule has 0 saturated heterocycles. The molecule has 5 heteroatoms. The van der Waals surface area contributed by atoms with Crippen LogP contribution in [0, 0.1) is 0 Å². The highest BCUT2D eigenvalue weighted by molar-refractivity contribution is 6.30. The van der Waals surface area contributed by atoms with E-state index in [4.69, 9.17) is 16.3 Å². The van der Waals surface area contributed by atoms with Gasteiger partial charge in [0.05, 0.1) is 6.61 Å². The molecule has 0 unspecified atom stereocenters. The molecule has 0 spiro atoms. The Balaban J connectivity index is 2.14. The van der Waals surface area contributed by atoms with Crippen LogP contribution in [0.25, 0.3) is 0 Å². The van der Waals surface area contributed by atoms with Crippen LogP contribution in [0.3, 0.4) is 0 Å². The predicted molar refractivity (Wildman–Crippen MR) is 90.2 cm³/mol. The van der Waals surface area contributed by atoms with Crippen molar-refractivity contribution in [3.63, 3.8) is 0 Å². The third-order valence-corrected chi connectivity index (χ3v) is 3.23. The van der Waals surface area contributed by atoms with Crippen LogP contribution in [0.2, 0.25) is 5.02 Å². The van der Waals surface area contributed by atoms with Gasteiger partial charge in [-0.3, -0.25) is 4.99 Å². The van der Waals surface area contributed by atoms with Gasteiger partial charge in [-0.25, -0.2) is 0 Å². The van der Waals surface area contributed by atoms with Crippen LogP contribution in [0.5, 0.6) is 0 Å². The van der Waals surface area contributed by atoms with Crippen molar-refractivity contribution >= 4 is 17.6 Å². The molecule has 0 aliphatic heterocycles. The average Bonchev–Trinajstić information content (AvgIpc) is 2.49. The number of hydrogen-bond donors (Lipinski definition) is 2. The Kier molecular flexibility index (Phi) is 9.66. The summed E-state index contributed by atoms with van der Waals surface area (Å²) < 4.78 is 5.50. The van der Waals surface area contributed by atoms with Crippen molar-refractivity contribution in [3.05, 3.63) is 34.9 Å². The molecular formula is C16H26ClN3O. The summed E-state index contributed by atoms with van der Waals surface area (Å²) in [4.78, 5) is 4.18. The second-order valence-electron chi connectivity index (χ2n) is 4.77. The molecule has 0 aromatic heterocycles. The van der Waals surface area contributed by atoms with E-state index in [9.17, 15) is 0 Å². The number of aliphatic imine (C=N–C) groups is 1. The van der Waals surface area contributed by atoms with Gasteiger partial charge < -0.3 is 15.4 Å². The summed E-state index contributed by atoms with van der Waals surface area (Å²) in [6.07, 6.45) is 3.20. The molecule has 0 radical (unpaired) electrons. The second-order valence-corrected chi connectivity index (χ2v) is 5.21. The average molecular weight is 312 g/mol. The van der Waals surface area contributed by atoms with E-state index in [0.29, 0.717) is 6.61 Å². The number of benzene rings is 1. The highest BCUT2D eigenvalue weighted by Gasteiger charge is 1.98. The maximum absolute atomic E-state index is 5.96. The van der Waals surface area contributed by atoms with Crippen LogP contribution in [0.15, 0.2) is 29.3 Å². The number of halogens is 1. The number of guanidine groups is 1. The molecule has 0 saturated carbocycles. The summed E-state index contributed by atoms with van der Waals surface area (Å²) in [5, 5.41) is 7.29. The first kappa shape index (κ1) is 17.8. The molecule has 4 nitrogen and oxygen atoms in total. The minimum Gasteiger partial charge on any atom is -0.380 e.